The zero-order valence-electron chi connectivity index (χ0n) is 8.73. The van der Waals surface area contributed by atoms with Gasteiger partial charge < -0.3 is 15.2 Å². The maximum absolute atomic E-state index is 5.73. The summed E-state index contributed by atoms with van der Waals surface area (Å²) in [7, 11) is 1.68. The molecule has 1 aromatic rings. The standard InChI is InChI=1S/C11H15NO2.ClH/c1-13-9-3-2-4-10-11(9)8(7-12)5-6-14-10;/h2-4,8H,5-7,12H2,1H3;1H. The molecule has 2 rings (SSSR count). The average molecular weight is 230 g/mol. The van der Waals surface area contributed by atoms with Crippen molar-refractivity contribution in [1.82, 2.24) is 0 Å². The molecule has 15 heavy (non-hydrogen) atoms. The molecule has 0 aliphatic carbocycles. The molecule has 0 saturated carbocycles. The zero-order valence-corrected chi connectivity index (χ0v) is 9.55. The molecule has 0 fully saturated rings. The Bertz CT molecular complexity index is 316. The molecule has 2 N–H and O–H groups in total. The Labute approximate surface area is 96.0 Å². The summed E-state index contributed by atoms with van der Waals surface area (Å²) in [4.78, 5) is 0. The number of methoxy groups -OCH3 is 1. The predicted octanol–water partition coefficient (Wildman–Crippen LogP) is 1.94. The molecule has 1 aliphatic heterocycles. The van der Waals surface area contributed by atoms with Gasteiger partial charge in [-0.15, -0.1) is 12.4 Å². The topological polar surface area (TPSA) is 44.5 Å². The van der Waals surface area contributed by atoms with Gasteiger partial charge in [0.05, 0.1) is 13.7 Å². The molecule has 1 heterocycles. The van der Waals surface area contributed by atoms with Crippen LogP contribution in [0.15, 0.2) is 18.2 Å². The van der Waals surface area contributed by atoms with Gasteiger partial charge in [0.1, 0.15) is 11.5 Å². The van der Waals surface area contributed by atoms with Crippen LogP contribution in [0.3, 0.4) is 0 Å². The monoisotopic (exact) mass is 229 g/mol. The van der Waals surface area contributed by atoms with Gasteiger partial charge >= 0.3 is 0 Å². The number of rotatable bonds is 2. The van der Waals surface area contributed by atoms with Gasteiger partial charge in [-0.3, -0.25) is 0 Å². The molecule has 3 nitrogen and oxygen atoms in total. The molecule has 1 atom stereocenters. The van der Waals surface area contributed by atoms with Gasteiger partial charge in [-0.05, 0) is 25.1 Å². The van der Waals surface area contributed by atoms with Crippen LogP contribution in [0.4, 0.5) is 0 Å². The first-order chi connectivity index (χ1) is 6.86. The number of ether oxygens (including phenoxy) is 2. The van der Waals surface area contributed by atoms with Crippen LogP contribution in [-0.4, -0.2) is 20.3 Å². The van der Waals surface area contributed by atoms with E-state index < -0.39 is 0 Å². The fraction of sp³-hybridized carbons (Fsp3) is 0.455. The molecular formula is C11H16ClNO2. The third kappa shape index (κ3) is 2.19. The van der Waals surface area contributed by atoms with Gasteiger partial charge in [0, 0.05) is 11.5 Å². The molecule has 0 saturated heterocycles. The minimum Gasteiger partial charge on any atom is -0.496 e. The SMILES string of the molecule is COc1cccc2c1C(CN)CCO2.Cl. The van der Waals surface area contributed by atoms with E-state index in [-0.39, 0.29) is 12.4 Å². The van der Waals surface area contributed by atoms with E-state index in [1.54, 1.807) is 7.11 Å². The lowest BCUT2D eigenvalue weighted by Gasteiger charge is -2.26. The maximum atomic E-state index is 5.73. The predicted molar refractivity (Wildman–Crippen MR) is 62.1 cm³/mol. The minimum atomic E-state index is 0. The smallest absolute Gasteiger partial charge is 0.126 e. The molecule has 1 aromatic carbocycles. The molecule has 0 bridgehead atoms. The van der Waals surface area contributed by atoms with Crippen molar-refractivity contribution < 1.29 is 9.47 Å². The van der Waals surface area contributed by atoms with E-state index >= 15 is 0 Å². The summed E-state index contributed by atoms with van der Waals surface area (Å²) in [5.41, 5.74) is 6.86. The first-order valence-corrected chi connectivity index (χ1v) is 4.86. The third-order valence-electron chi connectivity index (χ3n) is 2.66. The van der Waals surface area contributed by atoms with Crippen molar-refractivity contribution in [3.63, 3.8) is 0 Å². The maximum Gasteiger partial charge on any atom is 0.126 e. The highest BCUT2D eigenvalue weighted by atomic mass is 35.5. The zero-order chi connectivity index (χ0) is 9.97. The Morgan fingerprint density at radius 3 is 3.00 bits per heavy atom. The van der Waals surface area contributed by atoms with E-state index in [0.29, 0.717) is 12.5 Å². The highest BCUT2D eigenvalue weighted by molar-refractivity contribution is 5.85. The first kappa shape index (κ1) is 12.1. The fourth-order valence-electron chi connectivity index (χ4n) is 1.92. The summed E-state index contributed by atoms with van der Waals surface area (Å²) in [5, 5.41) is 0. The largest absolute Gasteiger partial charge is 0.496 e. The molecule has 4 heteroatoms. The Kier molecular flexibility index (Phi) is 4.24. The van der Waals surface area contributed by atoms with E-state index in [9.17, 15) is 0 Å². The molecule has 0 aromatic heterocycles. The number of halogens is 1. The van der Waals surface area contributed by atoms with Crippen molar-refractivity contribution in [3.05, 3.63) is 23.8 Å². The molecule has 0 radical (unpaired) electrons. The van der Waals surface area contributed by atoms with Crippen LogP contribution in [0.2, 0.25) is 0 Å². The Hall–Kier alpha value is -0.930. The lowest BCUT2D eigenvalue weighted by Crippen LogP contribution is -2.21. The number of benzene rings is 1. The van der Waals surface area contributed by atoms with E-state index in [1.165, 1.54) is 0 Å². The third-order valence-corrected chi connectivity index (χ3v) is 2.66. The molecular weight excluding hydrogens is 214 g/mol. The minimum absolute atomic E-state index is 0. The van der Waals surface area contributed by atoms with Crippen molar-refractivity contribution >= 4 is 12.4 Å². The Morgan fingerprint density at radius 1 is 1.53 bits per heavy atom. The summed E-state index contributed by atoms with van der Waals surface area (Å²) in [5.74, 6) is 2.18. The lowest BCUT2D eigenvalue weighted by atomic mass is 9.92. The van der Waals surface area contributed by atoms with Gasteiger partial charge in [-0.2, -0.15) is 0 Å². The number of nitrogens with two attached hydrogens (primary N) is 1. The van der Waals surface area contributed by atoms with Gasteiger partial charge in [0.2, 0.25) is 0 Å². The van der Waals surface area contributed by atoms with Crippen molar-refractivity contribution in [2.24, 2.45) is 5.73 Å². The molecule has 0 spiro atoms. The quantitative estimate of drug-likeness (QED) is 0.843. The van der Waals surface area contributed by atoms with Crippen LogP contribution in [0.5, 0.6) is 11.5 Å². The van der Waals surface area contributed by atoms with Crippen LogP contribution in [0.1, 0.15) is 17.9 Å². The number of hydrogen-bond acceptors (Lipinski definition) is 3. The summed E-state index contributed by atoms with van der Waals surface area (Å²) >= 11 is 0. The van der Waals surface area contributed by atoms with Crippen LogP contribution in [-0.2, 0) is 0 Å². The van der Waals surface area contributed by atoms with Crippen LogP contribution in [0.25, 0.3) is 0 Å². The fourth-order valence-corrected chi connectivity index (χ4v) is 1.92. The van der Waals surface area contributed by atoms with Gasteiger partial charge in [-0.25, -0.2) is 0 Å². The highest BCUT2D eigenvalue weighted by Gasteiger charge is 2.23. The second-order valence-electron chi connectivity index (χ2n) is 3.44. The van der Waals surface area contributed by atoms with Gasteiger partial charge in [-0.1, -0.05) is 6.07 Å². The van der Waals surface area contributed by atoms with E-state index in [0.717, 1.165) is 30.1 Å². The summed E-state index contributed by atoms with van der Waals surface area (Å²) in [6, 6.07) is 5.87. The van der Waals surface area contributed by atoms with E-state index in [2.05, 4.69) is 0 Å². The second-order valence-corrected chi connectivity index (χ2v) is 3.44. The molecule has 84 valence electrons. The van der Waals surface area contributed by atoms with Crippen molar-refractivity contribution in [2.75, 3.05) is 20.3 Å². The Morgan fingerprint density at radius 2 is 2.33 bits per heavy atom. The molecule has 1 aliphatic rings. The van der Waals surface area contributed by atoms with Gasteiger partial charge in [0.15, 0.2) is 0 Å². The van der Waals surface area contributed by atoms with Crippen molar-refractivity contribution in [1.29, 1.82) is 0 Å². The summed E-state index contributed by atoms with van der Waals surface area (Å²) < 4.78 is 10.9. The molecule has 1 unspecified atom stereocenters. The van der Waals surface area contributed by atoms with Crippen LogP contribution in [0, 0.1) is 0 Å². The summed E-state index contributed by atoms with van der Waals surface area (Å²) in [6.07, 6.45) is 0.976. The lowest BCUT2D eigenvalue weighted by molar-refractivity contribution is 0.262. The van der Waals surface area contributed by atoms with Crippen molar-refractivity contribution in [3.8, 4) is 11.5 Å². The van der Waals surface area contributed by atoms with E-state index in [1.807, 2.05) is 18.2 Å². The normalized spacial score (nSPS) is 18.4. The average Bonchev–Trinajstić information content (AvgIpc) is 2.27. The van der Waals surface area contributed by atoms with Gasteiger partial charge in [0.25, 0.3) is 0 Å². The number of hydrogen-bond donors (Lipinski definition) is 1. The summed E-state index contributed by atoms with van der Waals surface area (Å²) in [6.45, 7) is 1.40. The van der Waals surface area contributed by atoms with Crippen LogP contribution < -0.4 is 15.2 Å². The highest BCUT2D eigenvalue weighted by Crippen LogP contribution is 2.39. The number of fused-ring (bicyclic) bond motifs is 1. The first-order valence-electron chi connectivity index (χ1n) is 4.86. The second kappa shape index (κ2) is 5.24. The van der Waals surface area contributed by atoms with E-state index in [4.69, 9.17) is 15.2 Å². The van der Waals surface area contributed by atoms with Crippen molar-refractivity contribution in [2.45, 2.75) is 12.3 Å². The van der Waals surface area contributed by atoms with Crippen LogP contribution >= 0.6 is 12.4 Å². The Balaban J connectivity index is 0.00000112. The molecule has 0 amide bonds.